The summed E-state index contributed by atoms with van der Waals surface area (Å²) in [5.74, 6) is -0.200. The van der Waals surface area contributed by atoms with Crippen molar-refractivity contribution in [1.29, 1.82) is 0 Å². The highest BCUT2D eigenvalue weighted by molar-refractivity contribution is 5.60. The summed E-state index contributed by atoms with van der Waals surface area (Å²) in [6.07, 6.45) is 0.320. The Morgan fingerprint density at radius 2 is 2.06 bits per heavy atom. The Bertz CT molecular complexity index is 390. The van der Waals surface area contributed by atoms with Crippen LogP contribution in [0.3, 0.4) is 0 Å². The molecule has 88 valence electrons. The predicted octanol–water partition coefficient (Wildman–Crippen LogP) is 2.35. The van der Waals surface area contributed by atoms with Crippen LogP contribution in [0.2, 0.25) is 0 Å². The minimum Gasteiger partial charge on any atom is -0.391 e. The lowest BCUT2D eigenvalue weighted by molar-refractivity contribution is 0.159. The predicted molar refractivity (Wildman–Crippen MR) is 63.2 cm³/mol. The number of benzene rings is 1. The second-order valence-corrected chi connectivity index (χ2v) is 4.79. The first-order valence-corrected chi connectivity index (χ1v) is 5.75. The summed E-state index contributed by atoms with van der Waals surface area (Å²) >= 11 is 0. The van der Waals surface area contributed by atoms with E-state index < -0.39 is 6.10 Å². The van der Waals surface area contributed by atoms with Crippen molar-refractivity contribution in [3.63, 3.8) is 0 Å². The lowest BCUT2D eigenvalue weighted by Gasteiger charge is -2.33. The summed E-state index contributed by atoms with van der Waals surface area (Å²) in [5.41, 5.74) is 2.06. The summed E-state index contributed by atoms with van der Waals surface area (Å²) < 4.78 is 13.1. The second kappa shape index (κ2) is 4.06. The fourth-order valence-corrected chi connectivity index (χ4v) is 2.54. The third kappa shape index (κ3) is 1.80. The minimum absolute atomic E-state index is 0.0665. The van der Waals surface area contributed by atoms with E-state index in [9.17, 15) is 9.50 Å². The normalized spacial score (nSPS) is 21.4. The molecule has 3 heteroatoms. The Balaban J connectivity index is 2.41. The van der Waals surface area contributed by atoms with Crippen LogP contribution in [0.15, 0.2) is 18.2 Å². The van der Waals surface area contributed by atoms with Gasteiger partial charge >= 0.3 is 0 Å². The van der Waals surface area contributed by atoms with Crippen LogP contribution in [0.5, 0.6) is 0 Å². The number of rotatable bonds is 2. The highest BCUT2D eigenvalue weighted by Crippen LogP contribution is 2.35. The zero-order valence-corrected chi connectivity index (χ0v) is 9.94. The van der Waals surface area contributed by atoms with Gasteiger partial charge in [0.2, 0.25) is 0 Å². The van der Waals surface area contributed by atoms with Crippen molar-refractivity contribution in [2.24, 2.45) is 0 Å². The highest BCUT2D eigenvalue weighted by Gasteiger charge is 2.33. The van der Waals surface area contributed by atoms with E-state index in [-0.39, 0.29) is 11.9 Å². The van der Waals surface area contributed by atoms with Crippen molar-refractivity contribution < 1.29 is 9.50 Å². The van der Waals surface area contributed by atoms with Gasteiger partial charge in [-0.25, -0.2) is 4.39 Å². The molecule has 1 N–H and O–H groups in total. The number of aliphatic hydroxyl groups excluding tert-OH is 1. The second-order valence-electron chi connectivity index (χ2n) is 4.79. The Morgan fingerprint density at radius 3 is 2.62 bits per heavy atom. The monoisotopic (exact) mass is 223 g/mol. The van der Waals surface area contributed by atoms with Crippen molar-refractivity contribution in [2.75, 3.05) is 4.90 Å². The number of nitrogens with zero attached hydrogens (tertiary/aromatic N) is 1. The topological polar surface area (TPSA) is 23.5 Å². The van der Waals surface area contributed by atoms with Crippen LogP contribution >= 0.6 is 0 Å². The first-order valence-electron chi connectivity index (χ1n) is 5.75. The summed E-state index contributed by atoms with van der Waals surface area (Å²) in [4.78, 5) is 2.18. The summed E-state index contributed by atoms with van der Waals surface area (Å²) in [5, 5.41) is 9.78. The van der Waals surface area contributed by atoms with E-state index in [0.717, 1.165) is 17.7 Å². The SMILES string of the molecule is CC(O)C1Cc2cc(F)ccc2N1C(C)C. The molecule has 0 radical (unpaired) electrons. The minimum atomic E-state index is -0.405. The molecular formula is C13H18FNO. The number of hydrogen-bond acceptors (Lipinski definition) is 2. The molecule has 0 saturated heterocycles. The number of halogens is 1. The van der Waals surface area contributed by atoms with Crippen molar-refractivity contribution in [1.82, 2.24) is 0 Å². The largest absolute Gasteiger partial charge is 0.391 e. The molecule has 0 spiro atoms. The Morgan fingerprint density at radius 1 is 1.38 bits per heavy atom. The molecule has 16 heavy (non-hydrogen) atoms. The fraction of sp³-hybridized carbons (Fsp3) is 0.538. The molecule has 0 aromatic heterocycles. The van der Waals surface area contributed by atoms with Crippen LogP contribution in [0.25, 0.3) is 0 Å². The van der Waals surface area contributed by atoms with Gasteiger partial charge < -0.3 is 10.0 Å². The molecule has 2 nitrogen and oxygen atoms in total. The van der Waals surface area contributed by atoms with Gasteiger partial charge in [-0.3, -0.25) is 0 Å². The molecule has 0 amide bonds. The van der Waals surface area contributed by atoms with Crippen molar-refractivity contribution in [3.05, 3.63) is 29.6 Å². The number of fused-ring (bicyclic) bond motifs is 1. The van der Waals surface area contributed by atoms with E-state index >= 15 is 0 Å². The molecule has 1 aromatic rings. The van der Waals surface area contributed by atoms with Gasteiger partial charge in [0, 0.05) is 11.7 Å². The van der Waals surface area contributed by atoms with Crippen LogP contribution in [-0.2, 0) is 6.42 Å². The Kier molecular flexibility index (Phi) is 2.89. The van der Waals surface area contributed by atoms with Gasteiger partial charge in [0.15, 0.2) is 0 Å². The Hall–Kier alpha value is -1.09. The fourth-order valence-electron chi connectivity index (χ4n) is 2.54. The zero-order valence-electron chi connectivity index (χ0n) is 9.94. The molecule has 0 fully saturated rings. The number of anilines is 1. The van der Waals surface area contributed by atoms with Gasteiger partial charge in [0.05, 0.1) is 12.1 Å². The molecule has 1 aromatic carbocycles. The highest BCUT2D eigenvalue weighted by atomic mass is 19.1. The molecule has 1 aliphatic heterocycles. The van der Waals surface area contributed by atoms with Gasteiger partial charge in [0.1, 0.15) is 5.82 Å². The summed E-state index contributed by atoms with van der Waals surface area (Å²) in [7, 11) is 0. The van der Waals surface area contributed by atoms with Crippen molar-refractivity contribution >= 4 is 5.69 Å². The maximum atomic E-state index is 13.1. The first-order chi connectivity index (χ1) is 7.50. The van der Waals surface area contributed by atoms with Crippen molar-refractivity contribution in [2.45, 2.75) is 45.4 Å². The van der Waals surface area contributed by atoms with E-state index in [1.165, 1.54) is 6.07 Å². The van der Waals surface area contributed by atoms with E-state index in [1.807, 2.05) is 6.07 Å². The van der Waals surface area contributed by atoms with Crippen LogP contribution in [0.1, 0.15) is 26.3 Å². The molecule has 0 saturated carbocycles. The first kappa shape index (κ1) is 11.4. The molecule has 0 bridgehead atoms. The van der Waals surface area contributed by atoms with Crippen LogP contribution < -0.4 is 4.90 Å². The van der Waals surface area contributed by atoms with E-state index in [4.69, 9.17) is 0 Å². The summed E-state index contributed by atoms with van der Waals surface area (Å²) in [6, 6.07) is 5.25. The lowest BCUT2D eigenvalue weighted by atomic mass is 10.1. The molecular weight excluding hydrogens is 205 g/mol. The smallest absolute Gasteiger partial charge is 0.123 e. The number of hydrogen-bond donors (Lipinski definition) is 1. The Labute approximate surface area is 95.7 Å². The maximum absolute atomic E-state index is 13.1. The van der Waals surface area contributed by atoms with E-state index in [0.29, 0.717) is 6.04 Å². The van der Waals surface area contributed by atoms with Gasteiger partial charge in [-0.1, -0.05) is 0 Å². The third-order valence-corrected chi connectivity index (χ3v) is 3.22. The van der Waals surface area contributed by atoms with Crippen molar-refractivity contribution in [3.8, 4) is 0 Å². The lowest BCUT2D eigenvalue weighted by Crippen LogP contribution is -2.44. The molecule has 2 atom stereocenters. The molecule has 1 heterocycles. The van der Waals surface area contributed by atoms with E-state index in [1.54, 1.807) is 13.0 Å². The average molecular weight is 223 g/mol. The zero-order chi connectivity index (χ0) is 11.9. The third-order valence-electron chi connectivity index (χ3n) is 3.22. The quantitative estimate of drug-likeness (QED) is 0.832. The molecule has 2 rings (SSSR count). The van der Waals surface area contributed by atoms with Gasteiger partial charge in [-0.05, 0) is 51.0 Å². The van der Waals surface area contributed by atoms with Gasteiger partial charge in [0.25, 0.3) is 0 Å². The molecule has 2 unspecified atom stereocenters. The maximum Gasteiger partial charge on any atom is 0.123 e. The van der Waals surface area contributed by atoms with Gasteiger partial charge in [-0.2, -0.15) is 0 Å². The summed E-state index contributed by atoms with van der Waals surface area (Å²) in [6.45, 7) is 5.98. The molecule has 1 aliphatic rings. The van der Waals surface area contributed by atoms with Crippen LogP contribution in [0, 0.1) is 5.82 Å². The van der Waals surface area contributed by atoms with Crippen LogP contribution in [0.4, 0.5) is 10.1 Å². The number of aliphatic hydroxyl groups is 1. The van der Waals surface area contributed by atoms with Gasteiger partial charge in [-0.15, -0.1) is 0 Å². The van der Waals surface area contributed by atoms with Crippen LogP contribution in [-0.4, -0.2) is 23.3 Å². The molecule has 0 aliphatic carbocycles. The average Bonchev–Trinajstić information content (AvgIpc) is 2.55. The standard InChI is InChI=1S/C13H18FNO/c1-8(2)15-12-5-4-11(14)6-10(12)7-13(15)9(3)16/h4-6,8-9,13,16H,7H2,1-3H3. The van der Waals surface area contributed by atoms with E-state index in [2.05, 4.69) is 18.7 Å².